The van der Waals surface area contributed by atoms with Crippen molar-refractivity contribution in [2.45, 2.75) is 45.4 Å². The van der Waals surface area contributed by atoms with Crippen LogP contribution in [0.4, 0.5) is 4.39 Å². The Labute approximate surface area is 154 Å². The number of aromatic nitrogens is 1. The summed E-state index contributed by atoms with van der Waals surface area (Å²) in [7, 11) is 0. The van der Waals surface area contributed by atoms with E-state index in [-0.39, 0.29) is 24.4 Å². The lowest BCUT2D eigenvalue weighted by atomic mass is 10.3. The van der Waals surface area contributed by atoms with E-state index in [2.05, 4.69) is 10.3 Å². The smallest absolute Gasteiger partial charge is 0.351 e. The molecule has 1 saturated carbocycles. The van der Waals surface area contributed by atoms with Crippen molar-refractivity contribution in [2.24, 2.45) is 0 Å². The van der Waals surface area contributed by atoms with Gasteiger partial charge in [0.05, 0.1) is 5.69 Å². The van der Waals surface area contributed by atoms with E-state index in [0.717, 1.165) is 24.2 Å². The Hall–Kier alpha value is -2.48. The van der Waals surface area contributed by atoms with Gasteiger partial charge in [0.15, 0.2) is 6.10 Å². The first kappa shape index (κ1) is 18.3. The minimum atomic E-state index is -0.858. The first-order valence-corrected chi connectivity index (χ1v) is 9.10. The van der Waals surface area contributed by atoms with E-state index in [0.29, 0.717) is 21.3 Å². The fourth-order valence-corrected chi connectivity index (χ4v) is 3.05. The fraction of sp³-hybridized carbons (Fsp3) is 0.389. The summed E-state index contributed by atoms with van der Waals surface area (Å²) in [6, 6.07) is 5.86. The molecule has 1 heterocycles. The number of benzene rings is 1. The lowest BCUT2D eigenvalue weighted by Crippen LogP contribution is -2.37. The molecular weight excluding hydrogens is 359 g/mol. The Bertz CT molecular complexity index is 802. The molecule has 0 spiro atoms. The molecule has 0 bridgehead atoms. The second-order valence-electron chi connectivity index (χ2n) is 6.10. The first-order valence-electron chi connectivity index (χ1n) is 8.28. The maximum absolute atomic E-state index is 12.9. The van der Waals surface area contributed by atoms with Gasteiger partial charge in [0.25, 0.3) is 5.91 Å². The van der Waals surface area contributed by atoms with Crippen LogP contribution in [0.5, 0.6) is 5.75 Å². The number of carbonyl (C=O) groups is 2. The second-order valence-corrected chi connectivity index (χ2v) is 7.18. The van der Waals surface area contributed by atoms with Crippen LogP contribution in [0.3, 0.4) is 0 Å². The number of esters is 1. The quantitative estimate of drug-likeness (QED) is 0.750. The molecule has 1 amide bonds. The van der Waals surface area contributed by atoms with E-state index in [1.54, 1.807) is 13.8 Å². The van der Waals surface area contributed by atoms with Crippen LogP contribution in [-0.2, 0) is 16.1 Å². The topological polar surface area (TPSA) is 77.5 Å². The minimum absolute atomic E-state index is 0.155. The van der Waals surface area contributed by atoms with Crippen molar-refractivity contribution in [1.82, 2.24) is 10.3 Å². The number of ether oxygens (including phenoxy) is 2. The van der Waals surface area contributed by atoms with Crippen LogP contribution in [0, 0.1) is 12.7 Å². The van der Waals surface area contributed by atoms with Crippen LogP contribution in [0.2, 0.25) is 0 Å². The van der Waals surface area contributed by atoms with Crippen molar-refractivity contribution in [3.05, 3.63) is 45.7 Å². The normalized spacial score (nSPS) is 14.6. The van der Waals surface area contributed by atoms with Gasteiger partial charge in [-0.2, -0.15) is 0 Å². The predicted molar refractivity (Wildman–Crippen MR) is 93.6 cm³/mol. The van der Waals surface area contributed by atoms with Crippen molar-refractivity contribution in [1.29, 1.82) is 0 Å². The Morgan fingerprint density at radius 3 is 2.69 bits per heavy atom. The SMILES string of the molecule is Cc1nc(COc2ccc(F)cc2)sc1C(=O)OC(C)C(=O)NC1CC1. The summed E-state index contributed by atoms with van der Waals surface area (Å²) in [5.74, 6) is -0.699. The van der Waals surface area contributed by atoms with Crippen molar-refractivity contribution < 1.29 is 23.5 Å². The van der Waals surface area contributed by atoms with Gasteiger partial charge >= 0.3 is 5.97 Å². The second kappa shape index (κ2) is 7.82. The third kappa shape index (κ3) is 4.78. The molecule has 138 valence electrons. The third-order valence-electron chi connectivity index (χ3n) is 3.78. The number of halogens is 1. The summed E-state index contributed by atoms with van der Waals surface area (Å²) in [4.78, 5) is 28.8. The van der Waals surface area contributed by atoms with Crippen LogP contribution >= 0.6 is 11.3 Å². The molecule has 0 aliphatic heterocycles. The maximum atomic E-state index is 12.9. The Balaban J connectivity index is 1.56. The number of aryl methyl sites for hydroxylation is 1. The van der Waals surface area contributed by atoms with Gasteiger partial charge in [-0.1, -0.05) is 0 Å². The number of rotatable bonds is 7. The van der Waals surface area contributed by atoms with Crippen LogP contribution in [-0.4, -0.2) is 29.0 Å². The standard InChI is InChI=1S/C18H19FN2O4S/c1-10-16(18(23)25-11(2)17(22)21-13-5-6-13)26-15(20-10)9-24-14-7-3-12(19)4-8-14/h3-4,7-8,11,13H,5-6,9H2,1-2H3,(H,21,22). The van der Waals surface area contributed by atoms with Gasteiger partial charge in [0.2, 0.25) is 0 Å². The van der Waals surface area contributed by atoms with Gasteiger partial charge in [-0.15, -0.1) is 11.3 Å². The van der Waals surface area contributed by atoms with Gasteiger partial charge in [0, 0.05) is 6.04 Å². The number of amides is 1. The largest absolute Gasteiger partial charge is 0.486 e. The Kier molecular flexibility index (Phi) is 5.51. The maximum Gasteiger partial charge on any atom is 0.351 e. The molecule has 1 aromatic carbocycles. The monoisotopic (exact) mass is 378 g/mol. The first-order chi connectivity index (χ1) is 12.4. The van der Waals surface area contributed by atoms with E-state index in [4.69, 9.17) is 9.47 Å². The molecule has 3 rings (SSSR count). The molecule has 0 saturated heterocycles. The number of hydrogen-bond acceptors (Lipinski definition) is 6. The molecule has 8 heteroatoms. The molecule has 6 nitrogen and oxygen atoms in total. The molecular formula is C18H19FN2O4S. The lowest BCUT2D eigenvalue weighted by molar-refractivity contribution is -0.129. The van der Waals surface area contributed by atoms with Crippen LogP contribution in [0.25, 0.3) is 0 Å². The molecule has 2 aromatic rings. The molecule has 1 aliphatic carbocycles. The molecule has 1 unspecified atom stereocenters. The number of nitrogens with one attached hydrogen (secondary N) is 1. The Morgan fingerprint density at radius 1 is 1.35 bits per heavy atom. The van der Waals surface area contributed by atoms with Crippen molar-refractivity contribution in [3.63, 3.8) is 0 Å². The predicted octanol–water partition coefficient (Wildman–Crippen LogP) is 2.99. The van der Waals surface area contributed by atoms with Gasteiger partial charge < -0.3 is 14.8 Å². The zero-order valence-electron chi connectivity index (χ0n) is 14.5. The molecule has 1 aromatic heterocycles. The number of carbonyl (C=O) groups excluding carboxylic acids is 2. The van der Waals surface area contributed by atoms with Crippen LogP contribution in [0.15, 0.2) is 24.3 Å². The molecule has 1 aliphatic rings. The van der Waals surface area contributed by atoms with E-state index in [9.17, 15) is 14.0 Å². The summed E-state index contributed by atoms with van der Waals surface area (Å²) >= 11 is 1.15. The molecule has 1 fully saturated rings. The molecule has 1 N–H and O–H groups in total. The Morgan fingerprint density at radius 2 is 2.04 bits per heavy atom. The summed E-state index contributed by atoms with van der Waals surface area (Å²) in [6.45, 7) is 3.40. The number of nitrogens with zero attached hydrogens (tertiary/aromatic N) is 1. The summed E-state index contributed by atoms with van der Waals surface area (Å²) in [6.07, 6.45) is 1.08. The molecule has 1 atom stereocenters. The van der Waals surface area contributed by atoms with Crippen molar-refractivity contribution in [2.75, 3.05) is 0 Å². The zero-order valence-corrected chi connectivity index (χ0v) is 15.3. The summed E-state index contributed by atoms with van der Waals surface area (Å²) < 4.78 is 23.6. The fourth-order valence-electron chi connectivity index (χ4n) is 2.19. The highest BCUT2D eigenvalue weighted by molar-refractivity contribution is 7.13. The van der Waals surface area contributed by atoms with E-state index in [1.807, 2.05) is 0 Å². The van der Waals surface area contributed by atoms with Crippen molar-refractivity contribution in [3.8, 4) is 5.75 Å². The van der Waals surface area contributed by atoms with Crippen molar-refractivity contribution >= 4 is 23.2 Å². The van der Waals surface area contributed by atoms with Gasteiger partial charge in [-0.3, -0.25) is 4.79 Å². The van der Waals surface area contributed by atoms with Gasteiger partial charge in [-0.05, 0) is 51.0 Å². The summed E-state index contributed by atoms with van der Waals surface area (Å²) in [5, 5.41) is 3.39. The lowest BCUT2D eigenvalue weighted by Gasteiger charge is -2.12. The average molecular weight is 378 g/mol. The van der Waals surface area contributed by atoms with Gasteiger partial charge in [0.1, 0.15) is 28.1 Å². The molecule has 26 heavy (non-hydrogen) atoms. The van der Waals surface area contributed by atoms with E-state index in [1.165, 1.54) is 24.3 Å². The van der Waals surface area contributed by atoms with Gasteiger partial charge in [-0.25, -0.2) is 14.2 Å². The van der Waals surface area contributed by atoms with E-state index < -0.39 is 12.1 Å². The van der Waals surface area contributed by atoms with E-state index >= 15 is 0 Å². The highest BCUT2D eigenvalue weighted by Crippen LogP contribution is 2.22. The van der Waals surface area contributed by atoms with Crippen LogP contribution in [0.1, 0.15) is 40.1 Å². The average Bonchev–Trinajstić information content (AvgIpc) is 3.34. The molecule has 0 radical (unpaired) electrons. The number of thiazole rings is 1. The zero-order chi connectivity index (χ0) is 18.7. The third-order valence-corrected chi connectivity index (χ3v) is 4.89. The number of hydrogen-bond donors (Lipinski definition) is 1. The highest BCUT2D eigenvalue weighted by atomic mass is 32.1. The van der Waals surface area contributed by atoms with Crippen LogP contribution < -0.4 is 10.1 Å². The minimum Gasteiger partial charge on any atom is -0.486 e. The summed E-state index contributed by atoms with van der Waals surface area (Å²) in [5.41, 5.74) is 0.521. The highest BCUT2D eigenvalue weighted by Gasteiger charge is 2.28.